The molecule has 2 saturated heterocycles. The standard InChI is InChI=1S/C15H20N2O4/c1-11-6-12(17(18)19)8-15(7-11)21-14-2-4-16(5-3-14)13-9-20-10-13/h6-8,13-14H,2-5,9-10H2,1H3. The Kier molecular flexibility index (Phi) is 4.07. The number of ether oxygens (including phenoxy) is 2. The highest BCUT2D eigenvalue weighted by Crippen LogP contribution is 2.26. The van der Waals surface area contributed by atoms with E-state index < -0.39 is 0 Å². The number of piperidine rings is 1. The Morgan fingerprint density at radius 3 is 2.57 bits per heavy atom. The number of hydrogen-bond acceptors (Lipinski definition) is 5. The van der Waals surface area contributed by atoms with Gasteiger partial charge >= 0.3 is 0 Å². The molecule has 0 saturated carbocycles. The molecular weight excluding hydrogens is 272 g/mol. The first-order chi connectivity index (χ1) is 10.1. The predicted octanol–water partition coefficient (Wildman–Crippen LogP) is 2.15. The lowest BCUT2D eigenvalue weighted by molar-refractivity contribution is -0.385. The first-order valence-corrected chi connectivity index (χ1v) is 7.36. The predicted molar refractivity (Wildman–Crippen MR) is 77.7 cm³/mol. The Morgan fingerprint density at radius 1 is 1.29 bits per heavy atom. The van der Waals surface area contributed by atoms with Gasteiger partial charge in [0.05, 0.1) is 30.2 Å². The third-order valence-electron chi connectivity index (χ3n) is 4.16. The summed E-state index contributed by atoms with van der Waals surface area (Å²) in [4.78, 5) is 13.0. The molecule has 6 heteroatoms. The molecule has 0 radical (unpaired) electrons. The number of nitro benzene ring substituents is 1. The van der Waals surface area contributed by atoms with Gasteiger partial charge in [0.1, 0.15) is 11.9 Å². The zero-order valence-electron chi connectivity index (χ0n) is 12.2. The topological polar surface area (TPSA) is 64.8 Å². The number of rotatable bonds is 4. The van der Waals surface area contributed by atoms with Gasteiger partial charge in [-0.05, 0) is 31.4 Å². The van der Waals surface area contributed by atoms with Gasteiger partial charge in [0.2, 0.25) is 0 Å². The molecule has 0 spiro atoms. The van der Waals surface area contributed by atoms with E-state index in [4.69, 9.17) is 9.47 Å². The van der Waals surface area contributed by atoms with Crippen molar-refractivity contribution in [2.45, 2.75) is 31.9 Å². The number of nitro groups is 1. The highest BCUT2D eigenvalue weighted by atomic mass is 16.6. The molecule has 2 aliphatic rings. The van der Waals surface area contributed by atoms with Crippen LogP contribution in [-0.2, 0) is 4.74 Å². The molecule has 114 valence electrons. The van der Waals surface area contributed by atoms with Crippen LogP contribution in [0.1, 0.15) is 18.4 Å². The lowest BCUT2D eigenvalue weighted by Gasteiger charge is -2.41. The smallest absolute Gasteiger partial charge is 0.273 e. The van der Waals surface area contributed by atoms with Crippen molar-refractivity contribution < 1.29 is 14.4 Å². The van der Waals surface area contributed by atoms with E-state index in [1.807, 2.05) is 13.0 Å². The summed E-state index contributed by atoms with van der Waals surface area (Å²) in [5, 5.41) is 10.9. The van der Waals surface area contributed by atoms with E-state index in [9.17, 15) is 10.1 Å². The molecule has 0 atom stereocenters. The fourth-order valence-electron chi connectivity index (χ4n) is 2.89. The molecule has 1 aromatic carbocycles. The van der Waals surface area contributed by atoms with E-state index in [2.05, 4.69) is 4.90 Å². The number of benzene rings is 1. The van der Waals surface area contributed by atoms with Crippen molar-refractivity contribution in [2.24, 2.45) is 0 Å². The van der Waals surface area contributed by atoms with Crippen molar-refractivity contribution in [3.05, 3.63) is 33.9 Å². The molecule has 0 N–H and O–H groups in total. The lowest BCUT2D eigenvalue weighted by atomic mass is 10.0. The molecule has 2 fully saturated rings. The van der Waals surface area contributed by atoms with Crippen LogP contribution in [0.15, 0.2) is 18.2 Å². The number of non-ortho nitro benzene ring substituents is 1. The van der Waals surface area contributed by atoms with Crippen LogP contribution < -0.4 is 4.74 Å². The third kappa shape index (κ3) is 3.33. The van der Waals surface area contributed by atoms with Crippen LogP contribution in [0.2, 0.25) is 0 Å². The first kappa shape index (κ1) is 14.3. The first-order valence-electron chi connectivity index (χ1n) is 7.36. The minimum Gasteiger partial charge on any atom is -0.490 e. The van der Waals surface area contributed by atoms with Crippen LogP contribution in [0.4, 0.5) is 5.69 Å². The van der Waals surface area contributed by atoms with E-state index in [-0.39, 0.29) is 16.7 Å². The van der Waals surface area contributed by atoms with E-state index in [0.29, 0.717) is 11.8 Å². The lowest BCUT2D eigenvalue weighted by Crippen LogP contribution is -2.52. The summed E-state index contributed by atoms with van der Waals surface area (Å²) in [6, 6.07) is 5.51. The highest BCUT2D eigenvalue weighted by molar-refractivity contribution is 5.42. The van der Waals surface area contributed by atoms with Crippen LogP contribution >= 0.6 is 0 Å². The normalized spacial score (nSPS) is 21.0. The number of nitrogens with zero attached hydrogens (tertiary/aromatic N) is 2. The summed E-state index contributed by atoms with van der Waals surface area (Å²) < 4.78 is 11.2. The molecular formula is C15H20N2O4. The van der Waals surface area contributed by atoms with Gasteiger partial charge in [0.15, 0.2) is 0 Å². The molecule has 0 aliphatic carbocycles. The Balaban J connectivity index is 1.58. The highest BCUT2D eigenvalue weighted by Gasteiger charge is 2.30. The van der Waals surface area contributed by atoms with Gasteiger partial charge in [-0.1, -0.05) is 0 Å². The summed E-state index contributed by atoms with van der Waals surface area (Å²) in [6.07, 6.45) is 2.06. The summed E-state index contributed by atoms with van der Waals surface area (Å²) >= 11 is 0. The average molecular weight is 292 g/mol. The Bertz CT molecular complexity index is 522. The van der Waals surface area contributed by atoms with Crippen molar-refractivity contribution in [1.82, 2.24) is 4.90 Å². The van der Waals surface area contributed by atoms with Crippen LogP contribution in [0.25, 0.3) is 0 Å². The number of aryl methyl sites for hydroxylation is 1. The molecule has 6 nitrogen and oxygen atoms in total. The summed E-state index contributed by atoms with van der Waals surface area (Å²) in [6.45, 7) is 5.55. The van der Waals surface area contributed by atoms with E-state index >= 15 is 0 Å². The van der Waals surface area contributed by atoms with E-state index in [1.165, 1.54) is 6.07 Å². The van der Waals surface area contributed by atoms with Crippen molar-refractivity contribution in [2.75, 3.05) is 26.3 Å². The van der Waals surface area contributed by atoms with Gasteiger partial charge < -0.3 is 9.47 Å². The number of hydrogen-bond donors (Lipinski definition) is 0. The van der Waals surface area contributed by atoms with Gasteiger partial charge in [0, 0.05) is 19.2 Å². The van der Waals surface area contributed by atoms with Crippen molar-refractivity contribution in [3.8, 4) is 5.75 Å². The molecule has 0 aromatic heterocycles. The van der Waals surface area contributed by atoms with Crippen molar-refractivity contribution in [1.29, 1.82) is 0 Å². The van der Waals surface area contributed by atoms with Gasteiger partial charge in [0.25, 0.3) is 5.69 Å². The van der Waals surface area contributed by atoms with Gasteiger partial charge in [-0.25, -0.2) is 0 Å². The van der Waals surface area contributed by atoms with Crippen molar-refractivity contribution >= 4 is 5.69 Å². The maximum absolute atomic E-state index is 10.9. The van der Waals surface area contributed by atoms with E-state index in [1.54, 1.807) is 6.07 Å². The molecule has 0 bridgehead atoms. The van der Waals surface area contributed by atoms with Gasteiger partial charge in [-0.2, -0.15) is 0 Å². The molecule has 2 aliphatic heterocycles. The molecule has 1 aromatic rings. The molecule has 3 rings (SSSR count). The van der Waals surface area contributed by atoms with Gasteiger partial charge in [-0.3, -0.25) is 15.0 Å². The minimum atomic E-state index is -0.376. The second-order valence-corrected chi connectivity index (χ2v) is 5.81. The second kappa shape index (κ2) is 5.99. The molecule has 21 heavy (non-hydrogen) atoms. The zero-order chi connectivity index (χ0) is 14.8. The quantitative estimate of drug-likeness (QED) is 0.628. The van der Waals surface area contributed by atoms with Crippen LogP contribution in [0, 0.1) is 17.0 Å². The van der Waals surface area contributed by atoms with Crippen LogP contribution in [-0.4, -0.2) is 48.3 Å². The fraction of sp³-hybridized carbons (Fsp3) is 0.600. The summed E-state index contributed by atoms with van der Waals surface area (Å²) in [5.74, 6) is 0.604. The molecule has 2 heterocycles. The average Bonchev–Trinajstić information content (AvgIpc) is 2.38. The largest absolute Gasteiger partial charge is 0.490 e. The fourth-order valence-corrected chi connectivity index (χ4v) is 2.89. The Hall–Kier alpha value is -1.66. The second-order valence-electron chi connectivity index (χ2n) is 5.81. The Labute approximate surface area is 123 Å². The zero-order valence-corrected chi connectivity index (χ0v) is 12.2. The maximum Gasteiger partial charge on any atom is 0.273 e. The molecule has 0 amide bonds. The van der Waals surface area contributed by atoms with Crippen LogP contribution in [0.5, 0.6) is 5.75 Å². The minimum absolute atomic E-state index is 0.0917. The summed E-state index contributed by atoms with van der Waals surface area (Å²) in [7, 11) is 0. The Morgan fingerprint density at radius 2 is 2.00 bits per heavy atom. The maximum atomic E-state index is 10.9. The monoisotopic (exact) mass is 292 g/mol. The van der Waals surface area contributed by atoms with Crippen LogP contribution in [0.3, 0.4) is 0 Å². The molecule has 0 unspecified atom stereocenters. The SMILES string of the molecule is Cc1cc(OC2CCN(C3COC3)CC2)cc([N+](=O)[O-])c1. The third-order valence-corrected chi connectivity index (χ3v) is 4.16. The van der Waals surface area contributed by atoms with E-state index in [0.717, 1.165) is 44.7 Å². The number of likely N-dealkylation sites (tertiary alicyclic amines) is 1. The van der Waals surface area contributed by atoms with Gasteiger partial charge in [-0.15, -0.1) is 0 Å². The van der Waals surface area contributed by atoms with Crippen molar-refractivity contribution in [3.63, 3.8) is 0 Å². The summed E-state index contributed by atoms with van der Waals surface area (Å²) in [5.41, 5.74) is 0.942.